The predicted molar refractivity (Wildman–Crippen MR) is 124 cm³/mol. The maximum absolute atomic E-state index is 10.4. The monoisotopic (exact) mass is 428 g/mol. The van der Waals surface area contributed by atoms with Crippen molar-refractivity contribution in [2.45, 2.75) is 104 Å². The number of hydrogen-bond donors (Lipinski definition) is 1. The number of allylic oxidation sites excluding steroid dienone is 2. The second kappa shape index (κ2) is 7.18. The van der Waals surface area contributed by atoms with Crippen LogP contribution in [0.15, 0.2) is 24.3 Å². The van der Waals surface area contributed by atoms with Gasteiger partial charge in [0.1, 0.15) is 11.2 Å². The van der Waals surface area contributed by atoms with Crippen molar-refractivity contribution in [3.8, 4) is 0 Å². The zero-order chi connectivity index (χ0) is 22.2. The SMILES string of the molecule is CC(C)C(C)/C=C/[C@@H](C)[C@H]1CCC2[C@@]34C=C[C@]5(C[C@@H](O)CC[C@]5(C)C3CC[C@@]21C)OO4. The maximum atomic E-state index is 10.4. The average Bonchev–Trinajstić information content (AvgIpc) is 3.09. The molecule has 1 saturated heterocycles. The Morgan fingerprint density at radius 2 is 1.68 bits per heavy atom. The maximum Gasteiger partial charge on any atom is 0.130 e. The van der Waals surface area contributed by atoms with Gasteiger partial charge in [0.15, 0.2) is 0 Å². The third-order valence-corrected chi connectivity index (χ3v) is 11.1. The predicted octanol–water partition coefficient (Wildman–Crippen LogP) is 6.47. The van der Waals surface area contributed by atoms with Crippen molar-refractivity contribution in [2.75, 3.05) is 0 Å². The summed E-state index contributed by atoms with van der Waals surface area (Å²) < 4.78 is 0. The first-order chi connectivity index (χ1) is 14.6. The minimum absolute atomic E-state index is 0.0663. The molecule has 0 amide bonds. The lowest BCUT2D eigenvalue weighted by atomic mass is 9.43. The lowest BCUT2D eigenvalue weighted by Crippen LogP contribution is -2.73. The normalized spacial score (nSPS) is 52.8. The molecule has 6 rings (SSSR count). The largest absolute Gasteiger partial charge is 0.393 e. The van der Waals surface area contributed by atoms with Gasteiger partial charge in [-0.2, -0.15) is 0 Å². The van der Waals surface area contributed by atoms with E-state index in [9.17, 15) is 5.11 Å². The van der Waals surface area contributed by atoms with Crippen LogP contribution in [-0.4, -0.2) is 22.4 Å². The summed E-state index contributed by atoms with van der Waals surface area (Å²) in [5, 5.41) is 10.4. The number of hydrogen-bond acceptors (Lipinski definition) is 3. The fourth-order valence-electron chi connectivity index (χ4n) is 8.71. The topological polar surface area (TPSA) is 38.7 Å². The number of aliphatic hydroxyl groups excluding tert-OH is 1. The van der Waals surface area contributed by atoms with Crippen LogP contribution in [-0.2, 0) is 9.78 Å². The minimum atomic E-state index is -0.439. The molecule has 4 fully saturated rings. The first kappa shape index (κ1) is 22.2. The zero-order valence-corrected chi connectivity index (χ0v) is 20.6. The molecule has 0 aromatic rings. The van der Waals surface area contributed by atoms with Crippen molar-refractivity contribution in [2.24, 2.45) is 46.3 Å². The van der Waals surface area contributed by atoms with Gasteiger partial charge in [0.25, 0.3) is 0 Å². The molecule has 2 bridgehead atoms. The molecule has 174 valence electrons. The van der Waals surface area contributed by atoms with Gasteiger partial charge in [0.05, 0.1) is 6.10 Å². The molecule has 31 heavy (non-hydrogen) atoms. The van der Waals surface area contributed by atoms with Crippen LogP contribution >= 0.6 is 0 Å². The molecule has 2 spiro atoms. The Morgan fingerprint density at radius 1 is 0.903 bits per heavy atom. The molecule has 2 aliphatic heterocycles. The molecule has 6 aliphatic rings. The van der Waals surface area contributed by atoms with E-state index < -0.39 is 5.60 Å². The Balaban J connectivity index is 1.45. The fourth-order valence-corrected chi connectivity index (χ4v) is 8.71. The van der Waals surface area contributed by atoms with Crippen molar-refractivity contribution >= 4 is 0 Å². The number of fused-ring (bicyclic) bond motifs is 2. The summed E-state index contributed by atoms with van der Waals surface area (Å²) in [5.41, 5.74) is -0.366. The van der Waals surface area contributed by atoms with Crippen molar-refractivity contribution < 1.29 is 14.9 Å². The molecule has 10 atom stereocenters. The standard InChI is InChI=1S/C28H44O3/c1-18(2)19(3)7-8-20(4)22-9-10-23-25(22,5)13-12-24-26(6)14-11-21(29)17-27(26)15-16-28(23,24)31-30-27/h7-8,15-16,18-24,29H,9-14,17H2,1-6H3/b8-7+/t19?,20-,21+,22-,23?,24?,25-,26-,27-,28+/m1/s1. The van der Waals surface area contributed by atoms with Gasteiger partial charge in [0.2, 0.25) is 0 Å². The lowest BCUT2D eigenvalue weighted by Gasteiger charge is -2.69. The third kappa shape index (κ3) is 2.88. The van der Waals surface area contributed by atoms with Gasteiger partial charge in [-0.05, 0) is 73.7 Å². The van der Waals surface area contributed by atoms with Crippen LogP contribution in [0.3, 0.4) is 0 Å². The van der Waals surface area contributed by atoms with Crippen molar-refractivity contribution in [1.82, 2.24) is 0 Å². The summed E-state index contributed by atoms with van der Waals surface area (Å²) in [6.07, 6.45) is 17.0. The van der Waals surface area contributed by atoms with E-state index in [2.05, 4.69) is 65.8 Å². The molecule has 0 radical (unpaired) electrons. The molecular formula is C28H44O3. The fraction of sp³-hybridized carbons (Fsp3) is 0.857. The molecule has 3 saturated carbocycles. The molecule has 3 nitrogen and oxygen atoms in total. The molecule has 3 unspecified atom stereocenters. The number of rotatable bonds is 4. The first-order valence-electron chi connectivity index (χ1n) is 13.0. The summed E-state index contributed by atoms with van der Waals surface area (Å²) >= 11 is 0. The van der Waals surface area contributed by atoms with Gasteiger partial charge in [-0.15, -0.1) is 0 Å². The highest BCUT2D eigenvalue weighted by Crippen LogP contribution is 2.72. The Morgan fingerprint density at radius 3 is 2.35 bits per heavy atom. The van der Waals surface area contributed by atoms with Crippen LogP contribution < -0.4 is 0 Å². The smallest absolute Gasteiger partial charge is 0.130 e. The molecule has 0 aromatic heterocycles. The quantitative estimate of drug-likeness (QED) is 0.412. The Bertz CT molecular complexity index is 772. The highest BCUT2D eigenvalue weighted by Gasteiger charge is 2.74. The van der Waals surface area contributed by atoms with Gasteiger partial charge in [-0.3, -0.25) is 0 Å². The van der Waals surface area contributed by atoms with E-state index in [1.54, 1.807) is 0 Å². The van der Waals surface area contributed by atoms with E-state index in [0.29, 0.717) is 41.9 Å². The van der Waals surface area contributed by atoms with Crippen molar-refractivity contribution in [3.05, 3.63) is 24.3 Å². The average molecular weight is 429 g/mol. The van der Waals surface area contributed by atoms with Gasteiger partial charge in [0, 0.05) is 23.7 Å². The summed E-state index contributed by atoms with van der Waals surface area (Å²) in [6, 6.07) is 0. The van der Waals surface area contributed by atoms with E-state index >= 15 is 0 Å². The first-order valence-corrected chi connectivity index (χ1v) is 13.0. The van der Waals surface area contributed by atoms with Crippen LogP contribution in [0, 0.1) is 46.3 Å². The van der Waals surface area contributed by atoms with Crippen LogP contribution in [0.1, 0.15) is 86.5 Å². The van der Waals surface area contributed by atoms with E-state index in [1.807, 2.05) is 0 Å². The zero-order valence-electron chi connectivity index (χ0n) is 20.6. The third-order valence-electron chi connectivity index (χ3n) is 11.1. The van der Waals surface area contributed by atoms with Crippen LogP contribution in [0.4, 0.5) is 0 Å². The Kier molecular flexibility index (Phi) is 5.13. The summed E-state index contributed by atoms with van der Waals surface area (Å²) in [7, 11) is 0. The molecule has 3 heteroatoms. The summed E-state index contributed by atoms with van der Waals surface area (Å²) in [6.45, 7) is 14.4. The van der Waals surface area contributed by atoms with Gasteiger partial charge < -0.3 is 5.11 Å². The second-order valence-corrected chi connectivity index (χ2v) is 12.7. The van der Waals surface area contributed by atoms with Gasteiger partial charge in [-0.25, -0.2) is 9.78 Å². The van der Waals surface area contributed by atoms with E-state index in [1.165, 1.54) is 25.7 Å². The molecule has 1 N–H and O–H groups in total. The van der Waals surface area contributed by atoms with Crippen LogP contribution in [0.25, 0.3) is 0 Å². The Labute approximate surface area is 189 Å². The van der Waals surface area contributed by atoms with Crippen LogP contribution in [0.2, 0.25) is 0 Å². The van der Waals surface area contributed by atoms with E-state index in [-0.39, 0.29) is 22.5 Å². The van der Waals surface area contributed by atoms with Crippen molar-refractivity contribution in [3.63, 3.8) is 0 Å². The van der Waals surface area contributed by atoms with Crippen LogP contribution in [0.5, 0.6) is 0 Å². The molecule has 0 aromatic carbocycles. The van der Waals surface area contributed by atoms with Gasteiger partial charge in [-0.1, -0.05) is 59.8 Å². The minimum Gasteiger partial charge on any atom is -0.393 e. The molecule has 2 heterocycles. The van der Waals surface area contributed by atoms with Gasteiger partial charge >= 0.3 is 0 Å². The van der Waals surface area contributed by atoms with E-state index in [4.69, 9.17) is 9.78 Å². The molecular weight excluding hydrogens is 384 g/mol. The second-order valence-electron chi connectivity index (χ2n) is 12.7. The highest BCUT2D eigenvalue weighted by atomic mass is 17.2. The summed E-state index contributed by atoms with van der Waals surface area (Å²) in [5.74, 6) is 3.64. The summed E-state index contributed by atoms with van der Waals surface area (Å²) in [4.78, 5) is 12.8. The Hall–Kier alpha value is -0.640. The molecule has 4 aliphatic carbocycles. The number of aliphatic hydroxyl groups is 1. The highest BCUT2D eigenvalue weighted by molar-refractivity contribution is 5.33. The van der Waals surface area contributed by atoms with Crippen molar-refractivity contribution in [1.29, 1.82) is 0 Å². The lowest BCUT2D eigenvalue weighted by molar-refractivity contribution is -0.497. The van der Waals surface area contributed by atoms with E-state index in [0.717, 1.165) is 12.8 Å².